The van der Waals surface area contributed by atoms with Crippen molar-refractivity contribution in [2.24, 2.45) is 0 Å². The minimum Gasteiger partial charge on any atom is -0.508 e. The summed E-state index contributed by atoms with van der Waals surface area (Å²) < 4.78 is 0. The number of hydrogen-bond donors (Lipinski definition) is 2. The number of aromatic nitrogens is 1. The zero-order valence-electron chi connectivity index (χ0n) is 4.09. The van der Waals surface area contributed by atoms with Crippen molar-refractivity contribution in [1.29, 1.82) is 0 Å². The first-order valence-electron chi connectivity index (χ1n) is 2.17. The predicted octanol–water partition coefficient (Wildman–Crippen LogP) is 0.717. The van der Waals surface area contributed by atoms with Crippen LogP contribution in [0, 0.1) is 0 Å². The number of rotatable bonds is 0. The Labute approximate surface area is 53.0 Å². The van der Waals surface area contributed by atoms with Gasteiger partial charge in [-0.2, -0.15) is 0 Å². The van der Waals surface area contributed by atoms with Crippen LogP contribution in [0.5, 0.6) is 5.75 Å². The van der Waals surface area contributed by atoms with Crippen molar-refractivity contribution in [2.75, 3.05) is 0 Å². The minimum atomic E-state index is -0.287. The first kappa shape index (κ1) is 7.75. The van der Waals surface area contributed by atoms with Crippen LogP contribution < -0.4 is 5.56 Å². The van der Waals surface area contributed by atoms with E-state index < -0.39 is 0 Å². The molecule has 0 saturated carbocycles. The molecule has 0 fully saturated rings. The van der Waals surface area contributed by atoms with E-state index in [4.69, 9.17) is 5.11 Å². The maximum atomic E-state index is 10.3. The fourth-order valence-electron chi connectivity index (χ4n) is 0.433. The van der Waals surface area contributed by atoms with Crippen molar-refractivity contribution < 1.29 is 5.11 Å². The molecule has 1 aromatic heterocycles. The van der Waals surface area contributed by atoms with E-state index in [1.54, 1.807) is 0 Å². The summed E-state index contributed by atoms with van der Waals surface area (Å²) in [5.41, 5.74) is -0.287. The first-order chi connectivity index (χ1) is 3.79. The summed E-state index contributed by atoms with van der Waals surface area (Å²) in [7, 11) is 0. The van der Waals surface area contributed by atoms with Crippen LogP contribution in [-0.4, -0.2) is 10.1 Å². The summed E-state index contributed by atoms with van der Waals surface area (Å²) in [5.74, 6) is -0.00579. The van der Waals surface area contributed by atoms with Gasteiger partial charge in [-0.1, -0.05) is 7.43 Å². The summed E-state index contributed by atoms with van der Waals surface area (Å²) in [6, 6.07) is 2.52. The van der Waals surface area contributed by atoms with Crippen LogP contribution in [0.1, 0.15) is 7.43 Å². The van der Waals surface area contributed by atoms with Gasteiger partial charge in [0.05, 0.1) is 0 Å². The second kappa shape index (κ2) is 2.91. The van der Waals surface area contributed by atoms with E-state index in [0.717, 1.165) is 6.07 Å². The van der Waals surface area contributed by atoms with Crippen LogP contribution in [0.4, 0.5) is 0 Å². The fraction of sp³-hybridized carbons (Fsp3) is 0.167. The van der Waals surface area contributed by atoms with Crippen molar-refractivity contribution in [3.63, 3.8) is 0 Å². The van der Waals surface area contributed by atoms with E-state index in [2.05, 4.69) is 4.98 Å². The van der Waals surface area contributed by atoms with Crippen molar-refractivity contribution in [1.82, 2.24) is 4.98 Å². The molecule has 0 aliphatic heterocycles. The Morgan fingerprint density at radius 3 is 2.56 bits per heavy atom. The average Bonchev–Trinajstić information content (AvgIpc) is 1.64. The quantitative estimate of drug-likeness (QED) is 0.539. The van der Waals surface area contributed by atoms with E-state index in [0.29, 0.717) is 0 Å². The molecule has 0 spiro atoms. The fourth-order valence-corrected chi connectivity index (χ4v) is 0.433. The summed E-state index contributed by atoms with van der Waals surface area (Å²) in [6.07, 6.45) is 1.39. The predicted molar refractivity (Wildman–Crippen MR) is 35.5 cm³/mol. The smallest absolute Gasteiger partial charge is 0.251 e. The molecule has 9 heavy (non-hydrogen) atoms. The third-order valence-electron chi connectivity index (χ3n) is 0.759. The van der Waals surface area contributed by atoms with Gasteiger partial charge in [-0.15, -0.1) is 0 Å². The number of nitrogens with one attached hydrogen (secondary N) is 1. The Bertz CT molecular complexity index is 228. The second-order valence-corrected chi connectivity index (χ2v) is 1.41. The maximum Gasteiger partial charge on any atom is 0.251 e. The van der Waals surface area contributed by atoms with E-state index in [9.17, 15) is 4.79 Å². The van der Waals surface area contributed by atoms with Gasteiger partial charge in [-0.3, -0.25) is 4.79 Å². The highest BCUT2D eigenvalue weighted by molar-refractivity contribution is 5.14. The lowest BCUT2D eigenvalue weighted by molar-refractivity contribution is 0.473. The topological polar surface area (TPSA) is 53.1 Å². The molecule has 0 saturated heterocycles. The van der Waals surface area contributed by atoms with E-state index in [1.165, 1.54) is 12.3 Å². The Morgan fingerprint density at radius 1 is 1.56 bits per heavy atom. The molecule has 0 atom stereocenters. The van der Waals surface area contributed by atoms with E-state index >= 15 is 0 Å². The van der Waals surface area contributed by atoms with Crippen LogP contribution in [0.3, 0.4) is 0 Å². The third kappa shape index (κ3) is 1.99. The molecule has 3 nitrogen and oxygen atoms in total. The molecule has 2 N–H and O–H groups in total. The minimum absolute atomic E-state index is 0. The zero-order chi connectivity index (χ0) is 5.98. The van der Waals surface area contributed by atoms with E-state index in [1.807, 2.05) is 0 Å². The number of hydrogen-bond acceptors (Lipinski definition) is 2. The molecule has 3 heteroatoms. The number of aromatic hydroxyl groups is 1. The molecule has 50 valence electrons. The molecule has 0 aliphatic carbocycles. The number of H-pyrrole nitrogens is 1. The van der Waals surface area contributed by atoms with Gasteiger partial charge in [-0.25, -0.2) is 0 Å². The first-order valence-corrected chi connectivity index (χ1v) is 2.17. The Kier molecular flexibility index (Phi) is 2.51. The average molecular weight is 127 g/mol. The van der Waals surface area contributed by atoms with Crippen LogP contribution >= 0.6 is 0 Å². The lowest BCUT2D eigenvalue weighted by Crippen LogP contribution is -1.99. The molecule has 0 unspecified atom stereocenters. The normalized spacial score (nSPS) is 8.00. The van der Waals surface area contributed by atoms with Gasteiger partial charge >= 0.3 is 0 Å². The summed E-state index contributed by atoms with van der Waals surface area (Å²) in [5, 5.41) is 8.59. The summed E-state index contributed by atoms with van der Waals surface area (Å²) in [4.78, 5) is 12.6. The highest BCUT2D eigenvalue weighted by atomic mass is 16.3. The Morgan fingerprint density at radius 2 is 2.22 bits per heavy atom. The monoisotopic (exact) mass is 127 g/mol. The van der Waals surface area contributed by atoms with Gasteiger partial charge in [0.2, 0.25) is 0 Å². The van der Waals surface area contributed by atoms with Gasteiger partial charge in [-0.05, 0) is 6.07 Å². The van der Waals surface area contributed by atoms with Gasteiger partial charge in [0.1, 0.15) is 5.75 Å². The molecular weight excluding hydrogens is 118 g/mol. The molecule has 1 rings (SSSR count). The lowest BCUT2D eigenvalue weighted by atomic mass is 10.5. The molecule has 0 bridgehead atoms. The highest BCUT2D eigenvalue weighted by Crippen LogP contribution is 1.97. The number of pyridine rings is 1. The standard InChI is InChI=1S/C5H5NO2.CH4/c7-4-1-2-6-5(8)3-4;/h1-3H,(H2,6,7,8);1H4. The summed E-state index contributed by atoms with van der Waals surface area (Å²) >= 11 is 0. The Balaban J connectivity index is 0.000000640. The van der Waals surface area contributed by atoms with E-state index in [-0.39, 0.29) is 18.7 Å². The Hall–Kier alpha value is -1.25. The molecule has 0 aliphatic rings. The molecule has 0 amide bonds. The highest BCUT2D eigenvalue weighted by Gasteiger charge is 1.82. The van der Waals surface area contributed by atoms with Crippen molar-refractivity contribution in [3.8, 4) is 5.75 Å². The molecule has 0 aromatic carbocycles. The van der Waals surface area contributed by atoms with Crippen LogP contribution in [0.15, 0.2) is 23.1 Å². The van der Waals surface area contributed by atoms with Crippen LogP contribution in [0.25, 0.3) is 0 Å². The van der Waals surface area contributed by atoms with Crippen LogP contribution in [0.2, 0.25) is 0 Å². The van der Waals surface area contributed by atoms with Crippen molar-refractivity contribution in [2.45, 2.75) is 7.43 Å². The molecule has 1 heterocycles. The van der Waals surface area contributed by atoms with Gasteiger partial charge in [0, 0.05) is 12.3 Å². The largest absolute Gasteiger partial charge is 0.508 e. The number of aromatic amines is 1. The zero-order valence-corrected chi connectivity index (χ0v) is 4.09. The lowest BCUT2D eigenvalue weighted by Gasteiger charge is -1.83. The van der Waals surface area contributed by atoms with Gasteiger partial charge in [0.15, 0.2) is 0 Å². The maximum absolute atomic E-state index is 10.3. The summed E-state index contributed by atoms with van der Waals surface area (Å²) in [6.45, 7) is 0. The van der Waals surface area contributed by atoms with Gasteiger partial charge < -0.3 is 10.1 Å². The van der Waals surface area contributed by atoms with Crippen molar-refractivity contribution >= 4 is 0 Å². The van der Waals surface area contributed by atoms with Gasteiger partial charge in [0.25, 0.3) is 5.56 Å². The molecular formula is C6H9NO2. The second-order valence-electron chi connectivity index (χ2n) is 1.41. The molecule has 0 radical (unpaired) electrons. The van der Waals surface area contributed by atoms with Crippen molar-refractivity contribution in [3.05, 3.63) is 28.7 Å². The SMILES string of the molecule is C.O=c1cc(O)cc[nH]1. The third-order valence-corrected chi connectivity index (χ3v) is 0.759. The molecule has 1 aromatic rings. The van der Waals surface area contributed by atoms with Crippen LogP contribution in [-0.2, 0) is 0 Å².